The monoisotopic (exact) mass is 516 g/mol. The van der Waals surface area contributed by atoms with Crippen LogP contribution in [-0.4, -0.2) is 25.6 Å². The molecule has 2 aromatic carbocycles. The number of rotatable bonds is 6. The zero-order valence-corrected chi connectivity index (χ0v) is 21.9. The van der Waals surface area contributed by atoms with Gasteiger partial charge in [-0.1, -0.05) is 17.7 Å². The van der Waals surface area contributed by atoms with Gasteiger partial charge in [0.15, 0.2) is 0 Å². The van der Waals surface area contributed by atoms with Gasteiger partial charge in [-0.2, -0.15) is 0 Å². The van der Waals surface area contributed by atoms with E-state index >= 15 is 0 Å². The lowest BCUT2D eigenvalue weighted by Crippen LogP contribution is -2.21. The zero-order chi connectivity index (χ0) is 25.9. The largest absolute Gasteiger partial charge is 0.497 e. The molecule has 1 amide bonds. The molecule has 5 rings (SSSR count). The van der Waals surface area contributed by atoms with Crippen LogP contribution in [0.4, 0.5) is 10.7 Å². The van der Waals surface area contributed by atoms with Gasteiger partial charge in [-0.3, -0.25) is 4.79 Å². The molecule has 0 atom stereocenters. The molecule has 8 heteroatoms. The van der Waals surface area contributed by atoms with Crippen LogP contribution in [0.25, 0.3) is 11.0 Å². The topological polar surface area (TPSA) is 90.1 Å². The summed E-state index contributed by atoms with van der Waals surface area (Å²) >= 11 is 1.47. The first-order valence-electron chi connectivity index (χ1n) is 12.3. The third kappa shape index (κ3) is 5.15. The van der Waals surface area contributed by atoms with Gasteiger partial charge < -0.3 is 19.2 Å². The maximum Gasteiger partial charge on any atom is 0.341 e. The van der Waals surface area contributed by atoms with E-state index in [0.29, 0.717) is 33.0 Å². The molecule has 37 heavy (non-hydrogen) atoms. The van der Waals surface area contributed by atoms with Gasteiger partial charge in [0, 0.05) is 16.0 Å². The molecule has 7 nitrogen and oxygen atoms in total. The van der Waals surface area contributed by atoms with Gasteiger partial charge in [0.1, 0.15) is 21.9 Å². The predicted octanol–water partition coefficient (Wildman–Crippen LogP) is 6.35. The summed E-state index contributed by atoms with van der Waals surface area (Å²) in [7, 11) is 1.59. The van der Waals surface area contributed by atoms with E-state index in [1.807, 2.05) is 31.2 Å². The van der Waals surface area contributed by atoms with Crippen LogP contribution in [0.5, 0.6) is 5.75 Å². The fourth-order valence-corrected chi connectivity index (χ4v) is 5.70. The molecule has 190 valence electrons. The van der Waals surface area contributed by atoms with Crippen LogP contribution in [0.15, 0.2) is 57.9 Å². The number of anilines is 1. The second-order valence-corrected chi connectivity index (χ2v) is 10.00. The van der Waals surface area contributed by atoms with Crippen molar-refractivity contribution >= 4 is 44.9 Å². The number of hydrogen-bond donors (Lipinski definition) is 1. The minimum atomic E-state index is -0.392. The van der Waals surface area contributed by atoms with Crippen LogP contribution in [0.3, 0.4) is 0 Å². The number of carbonyl (C=O) groups excluding carboxylic acids is 2. The summed E-state index contributed by atoms with van der Waals surface area (Å²) in [6.07, 6.45) is 3.80. The highest BCUT2D eigenvalue weighted by atomic mass is 32.1. The Morgan fingerprint density at radius 2 is 1.86 bits per heavy atom. The van der Waals surface area contributed by atoms with Crippen LogP contribution in [0.2, 0.25) is 0 Å². The van der Waals surface area contributed by atoms with E-state index in [1.165, 1.54) is 11.3 Å². The lowest BCUT2D eigenvalue weighted by molar-refractivity contribution is 0.0526. The molecule has 1 aliphatic carbocycles. The van der Waals surface area contributed by atoms with Crippen LogP contribution in [-0.2, 0) is 17.6 Å². The Labute approximate surface area is 218 Å². The molecule has 0 saturated heterocycles. The van der Waals surface area contributed by atoms with Gasteiger partial charge in [0.2, 0.25) is 5.55 Å². The quantitative estimate of drug-likeness (QED) is 0.302. The number of amides is 1. The summed E-state index contributed by atoms with van der Waals surface area (Å²) < 4.78 is 16.9. The van der Waals surface area contributed by atoms with Gasteiger partial charge in [0.05, 0.1) is 19.3 Å². The highest BCUT2D eigenvalue weighted by molar-refractivity contribution is 7.16. The van der Waals surface area contributed by atoms with Crippen LogP contribution in [0.1, 0.15) is 56.5 Å². The van der Waals surface area contributed by atoms with Crippen molar-refractivity contribution in [3.8, 4) is 5.75 Å². The summed E-state index contributed by atoms with van der Waals surface area (Å²) in [6.45, 7) is 4.04. The van der Waals surface area contributed by atoms with Crippen LogP contribution >= 0.6 is 11.3 Å². The van der Waals surface area contributed by atoms with Crippen molar-refractivity contribution in [2.45, 2.75) is 39.5 Å². The Kier molecular flexibility index (Phi) is 7.10. The number of methoxy groups -OCH3 is 1. The van der Waals surface area contributed by atoms with Gasteiger partial charge in [-0.15, -0.1) is 11.3 Å². The van der Waals surface area contributed by atoms with E-state index in [4.69, 9.17) is 18.9 Å². The Hall–Kier alpha value is -3.91. The molecule has 0 fully saturated rings. The molecule has 0 saturated carbocycles. The second-order valence-electron chi connectivity index (χ2n) is 8.91. The first kappa shape index (κ1) is 24.8. The molecule has 0 spiro atoms. The smallest absolute Gasteiger partial charge is 0.341 e. The van der Waals surface area contributed by atoms with E-state index in [2.05, 4.69) is 5.32 Å². The van der Waals surface area contributed by atoms with Crippen molar-refractivity contribution in [2.75, 3.05) is 19.0 Å². The number of nitrogens with zero attached hydrogens (tertiary/aromatic N) is 1. The van der Waals surface area contributed by atoms with E-state index in [9.17, 15) is 9.59 Å². The number of nitrogens with one attached hydrogen (secondary N) is 1. The van der Waals surface area contributed by atoms with E-state index in [0.717, 1.165) is 41.7 Å². The summed E-state index contributed by atoms with van der Waals surface area (Å²) in [6, 6.07) is 14.7. The molecule has 0 bridgehead atoms. The number of carbonyl (C=O) groups is 2. The molecule has 1 N–H and O–H groups in total. The maximum atomic E-state index is 13.5. The summed E-state index contributed by atoms with van der Waals surface area (Å²) in [5, 5.41) is 4.14. The number of hydrogen-bond acceptors (Lipinski definition) is 7. The number of fused-ring (bicyclic) bond motifs is 2. The van der Waals surface area contributed by atoms with Crippen molar-refractivity contribution in [1.82, 2.24) is 0 Å². The fourth-order valence-electron chi connectivity index (χ4n) is 4.45. The van der Waals surface area contributed by atoms with E-state index < -0.39 is 5.97 Å². The number of thiophene rings is 1. The number of aryl methyl sites for hydroxylation is 2. The molecule has 1 aliphatic rings. The summed E-state index contributed by atoms with van der Waals surface area (Å²) in [5.74, 6) is -0.111. The van der Waals surface area contributed by atoms with Crippen molar-refractivity contribution in [3.05, 3.63) is 81.2 Å². The average molecular weight is 517 g/mol. The average Bonchev–Trinajstić information content (AvgIpc) is 3.27. The number of benzene rings is 2. The molecule has 0 radical (unpaired) electrons. The minimum Gasteiger partial charge on any atom is -0.497 e. The summed E-state index contributed by atoms with van der Waals surface area (Å²) in [5.41, 5.74) is 4.17. The Bertz CT molecular complexity index is 1550. The molecular formula is C29H28N2O5S. The molecule has 0 aliphatic heterocycles. The SMILES string of the molecule is CCOC(=O)c1c(/N=c2\oc3ccc(OC)cc3cc2C(=O)Nc2ccc(C)cc2)sc2c1CCCC2. The van der Waals surface area contributed by atoms with Gasteiger partial charge in [-0.05, 0) is 81.5 Å². The zero-order valence-electron chi connectivity index (χ0n) is 21.1. The number of esters is 1. The number of ether oxygens (including phenoxy) is 2. The summed E-state index contributed by atoms with van der Waals surface area (Å²) in [4.78, 5) is 32.4. The standard InChI is InChI=1S/C29H28N2O5S/c1-4-35-29(33)25-21-7-5-6-8-24(21)37-28(25)31-27-22(26(32)30-19-11-9-17(2)10-12-19)16-18-15-20(34-3)13-14-23(18)36-27/h9-16H,4-8H2,1-3H3,(H,30,32)/b31-27-. The first-order valence-corrected chi connectivity index (χ1v) is 13.1. The molecular weight excluding hydrogens is 488 g/mol. The maximum absolute atomic E-state index is 13.5. The van der Waals surface area contributed by atoms with Crippen molar-refractivity contribution in [2.24, 2.45) is 4.99 Å². The van der Waals surface area contributed by atoms with Crippen molar-refractivity contribution in [1.29, 1.82) is 0 Å². The van der Waals surface area contributed by atoms with Gasteiger partial charge >= 0.3 is 5.97 Å². The molecule has 2 aromatic heterocycles. The first-order chi connectivity index (χ1) is 18.0. The molecule has 4 aromatic rings. The lowest BCUT2D eigenvalue weighted by Gasteiger charge is -2.11. The van der Waals surface area contributed by atoms with Crippen LogP contribution < -0.4 is 15.6 Å². The second kappa shape index (κ2) is 10.6. The van der Waals surface area contributed by atoms with Crippen molar-refractivity contribution < 1.29 is 23.5 Å². The van der Waals surface area contributed by atoms with E-state index in [1.54, 1.807) is 38.3 Å². The van der Waals surface area contributed by atoms with Gasteiger partial charge in [0.25, 0.3) is 5.91 Å². The normalized spacial score (nSPS) is 13.3. The Morgan fingerprint density at radius 3 is 2.62 bits per heavy atom. The van der Waals surface area contributed by atoms with Crippen LogP contribution in [0, 0.1) is 6.92 Å². The van der Waals surface area contributed by atoms with Gasteiger partial charge in [-0.25, -0.2) is 9.79 Å². The fraction of sp³-hybridized carbons (Fsp3) is 0.276. The highest BCUT2D eigenvalue weighted by Crippen LogP contribution is 2.40. The molecule has 0 unspecified atom stereocenters. The molecule has 2 heterocycles. The Balaban J connectivity index is 1.68. The third-order valence-corrected chi connectivity index (χ3v) is 7.53. The minimum absolute atomic E-state index is 0.131. The highest BCUT2D eigenvalue weighted by Gasteiger charge is 2.27. The predicted molar refractivity (Wildman–Crippen MR) is 144 cm³/mol. The third-order valence-electron chi connectivity index (χ3n) is 6.34. The van der Waals surface area contributed by atoms with Crippen molar-refractivity contribution in [3.63, 3.8) is 0 Å². The van der Waals surface area contributed by atoms with E-state index in [-0.39, 0.29) is 23.6 Å². The lowest BCUT2D eigenvalue weighted by atomic mass is 9.95. The Morgan fingerprint density at radius 1 is 1.08 bits per heavy atom.